The molecule has 6 nitrogen and oxygen atoms in total. The van der Waals surface area contributed by atoms with Crippen LogP contribution in [-0.2, 0) is 16.1 Å². The van der Waals surface area contributed by atoms with Crippen LogP contribution in [0.3, 0.4) is 0 Å². The highest BCUT2D eigenvalue weighted by molar-refractivity contribution is 7.58. The molecule has 0 aromatic heterocycles. The topological polar surface area (TPSA) is 77.3 Å². The lowest BCUT2D eigenvalue weighted by molar-refractivity contribution is -0.118. The fourth-order valence-electron chi connectivity index (χ4n) is 3.25. The third-order valence-electron chi connectivity index (χ3n) is 4.39. The maximum absolute atomic E-state index is 12.4. The second-order valence-corrected chi connectivity index (χ2v) is 6.50. The number of hydrogen-bond acceptors (Lipinski definition) is 5. The van der Waals surface area contributed by atoms with Crippen LogP contribution in [0.1, 0.15) is 32.1 Å². The molecule has 2 N–H and O–H groups in total. The van der Waals surface area contributed by atoms with Gasteiger partial charge < -0.3 is 10.4 Å². The number of amides is 1. The number of carbonyl (C=O) groups is 1. The van der Waals surface area contributed by atoms with Gasteiger partial charge in [-0.15, -0.1) is 0 Å². The molecule has 7 heteroatoms. The first-order valence-corrected chi connectivity index (χ1v) is 8.87. The number of aliphatic hydroxyl groups excluding tert-OH is 1. The number of hydrogen-bond donors (Lipinski definition) is 2. The number of anilines is 1. The van der Waals surface area contributed by atoms with E-state index in [9.17, 15) is 9.90 Å². The average Bonchev–Trinajstić information content (AvgIpc) is 3.05. The monoisotopic (exact) mass is 334 g/mol. The number of benzene rings is 1. The Kier molecular flexibility index (Phi) is 5.53. The molecule has 0 spiro atoms. The van der Waals surface area contributed by atoms with Crippen molar-refractivity contribution in [2.75, 3.05) is 25.0 Å². The Bertz CT molecular complexity index is 637. The lowest BCUT2D eigenvalue weighted by Gasteiger charge is -2.33. The molecule has 0 saturated heterocycles. The van der Waals surface area contributed by atoms with Gasteiger partial charge in [0.15, 0.2) is 0 Å². The van der Waals surface area contributed by atoms with Crippen LogP contribution in [0.5, 0.6) is 0 Å². The summed E-state index contributed by atoms with van der Waals surface area (Å²) < 4.78 is 8.43. The Morgan fingerprint density at radius 3 is 2.91 bits per heavy atom. The minimum atomic E-state index is -0.0653. The van der Waals surface area contributed by atoms with Crippen molar-refractivity contribution >= 4 is 34.3 Å². The maximum atomic E-state index is 12.4. The second-order valence-electron chi connectivity index (χ2n) is 5.97. The van der Waals surface area contributed by atoms with Crippen molar-refractivity contribution in [1.29, 1.82) is 0 Å². The van der Waals surface area contributed by atoms with Crippen LogP contribution >= 0.6 is 0 Å². The van der Waals surface area contributed by atoms with Gasteiger partial charge in [-0.25, -0.2) is 0 Å². The van der Waals surface area contributed by atoms with E-state index in [1.165, 1.54) is 19.3 Å². The van der Waals surface area contributed by atoms with Gasteiger partial charge in [-0.2, -0.15) is 8.73 Å². The van der Waals surface area contributed by atoms with Gasteiger partial charge in [0, 0.05) is 12.6 Å². The summed E-state index contributed by atoms with van der Waals surface area (Å²) in [5.41, 5.74) is 2.23. The van der Waals surface area contributed by atoms with Crippen LogP contribution in [0.25, 0.3) is 0 Å². The molecule has 2 aliphatic rings. The Hall–Kier alpha value is -1.57. The molecule has 0 unspecified atom stereocenters. The highest BCUT2D eigenvalue weighted by Gasteiger charge is 2.23. The summed E-state index contributed by atoms with van der Waals surface area (Å²) in [4.78, 5) is 14.5. The van der Waals surface area contributed by atoms with E-state index in [0.717, 1.165) is 35.6 Å². The first-order valence-electron chi connectivity index (χ1n) is 8.14. The minimum Gasteiger partial charge on any atom is -0.395 e. The molecule has 1 heterocycles. The lowest BCUT2D eigenvalue weighted by atomic mass is 9.94. The van der Waals surface area contributed by atoms with Gasteiger partial charge in [-0.1, -0.05) is 25.3 Å². The highest BCUT2D eigenvalue weighted by Crippen LogP contribution is 2.38. The number of aliphatic hydroxyl groups is 1. The van der Waals surface area contributed by atoms with E-state index in [4.69, 9.17) is 0 Å². The Morgan fingerprint density at radius 1 is 1.30 bits per heavy atom. The largest absolute Gasteiger partial charge is 0.395 e. The molecule has 3 rings (SSSR count). The van der Waals surface area contributed by atoms with Gasteiger partial charge in [-0.3, -0.25) is 9.69 Å². The van der Waals surface area contributed by atoms with Crippen molar-refractivity contribution in [3.63, 3.8) is 0 Å². The molecule has 1 aliphatic carbocycles. The summed E-state index contributed by atoms with van der Waals surface area (Å²) in [6, 6.07) is 6.00. The van der Waals surface area contributed by atoms with Crippen molar-refractivity contribution in [1.82, 2.24) is 4.90 Å². The zero-order valence-electron chi connectivity index (χ0n) is 13.1. The van der Waals surface area contributed by atoms with Crippen molar-refractivity contribution in [2.24, 2.45) is 8.73 Å². The molecule has 0 radical (unpaired) electrons. The van der Waals surface area contributed by atoms with Gasteiger partial charge in [0.1, 0.15) is 11.4 Å². The lowest BCUT2D eigenvalue weighted by Crippen LogP contribution is -2.43. The van der Waals surface area contributed by atoms with Gasteiger partial charge in [-0.05, 0) is 25.0 Å². The third-order valence-corrected chi connectivity index (χ3v) is 4.93. The highest BCUT2D eigenvalue weighted by atomic mass is 32.1. The zero-order chi connectivity index (χ0) is 16.1. The summed E-state index contributed by atoms with van der Waals surface area (Å²) in [6.07, 6.45) is 5.91. The molecule has 1 saturated carbocycles. The summed E-state index contributed by atoms with van der Waals surface area (Å²) in [6.45, 7) is 0.926. The molecule has 1 aromatic rings. The predicted molar refractivity (Wildman–Crippen MR) is 92.1 cm³/mol. The van der Waals surface area contributed by atoms with Crippen molar-refractivity contribution < 1.29 is 9.90 Å². The normalized spacial score (nSPS) is 17.1. The van der Waals surface area contributed by atoms with Crippen molar-refractivity contribution in [3.05, 3.63) is 18.2 Å². The SMILES string of the molecule is O=C(CN(CCO)C1CCCCC1)Nc1cccc2c1N=S=N2. The quantitative estimate of drug-likeness (QED) is 0.852. The summed E-state index contributed by atoms with van der Waals surface area (Å²) >= 11 is 1.14. The van der Waals surface area contributed by atoms with E-state index in [1.54, 1.807) is 0 Å². The minimum absolute atomic E-state index is 0.0653. The van der Waals surface area contributed by atoms with E-state index in [-0.39, 0.29) is 12.5 Å². The standard InChI is InChI=1S/C16H22N4O2S/c21-10-9-20(12-5-2-1-3-6-12)11-15(22)17-13-7-4-8-14-16(13)19-23-18-14/h4,7-8,12,21H,1-3,5-6,9-11H2,(H,17,22). The summed E-state index contributed by atoms with van der Waals surface area (Å²) in [5, 5.41) is 12.2. The molecule has 124 valence electrons. The van der Waals surface area contributed by atoms with E-state index >= 15 is 0 Å². The summed E-state index contributed by atoms with van der Waals surface area (Å²) in [7, 11) is 0. The zero-order valence-corrected chi connectivity index (χ0v) is 13.9. The van der Waals surface area contributed by atoms with Crippen molar-refractivity contribution in [2.45, 2.75) is 38.1 Å². The van der Waals surface area contributed by atoms with Gasteiger partial charge >= 0.3 is 0 Å². The fraction of sp³-hybridized carbons (Fsp3) is 0.562. The van der Waals surface area contributed by atoms with Gasteiger partial charge in [0.2, 0.25) is 5.91 Å². The van der Waals surface area contributed by atoms with E-state index in [1.807, 2.05) is 18.2 Å². The first kappa shape index (κ1) is 16.3. The number of carbonyl (C=O) groups excluding carboxylic acids is 1. The Morgan fingerprint density at radius 2 is 2.13 bits per heavy atom. The van der Waals surface area contributed by atoms with Crippen LogP contribution in [0.2, 0.25) is 0 Å². The number of rotatable bonds is 6. The van der Waals surface area contributed by atoms with E-state index in [2.05, 4.69) is 18.9 Å². The van der Waals surface area contributed by atoms with Gasteiger partial charge in [0.25, 0.3) is 0 Å². The van der Waals surface area contributed by atoms with Crippen LogP contribution in [0, 0.1) is 0 Å². The number of fused-ring (bicyclic) bond motifs is 1. The summed E-state index contributed by atoms with van der Waals surface area (Å²) in [5.74, 6) is -0.0653. The molecule has 1 fully saturated rings. The maximum Gasteiger partial charge on any atom is 0.238 e. The molecule has 1 amide bonds. The second kappa shape index (κ2) is 7.81. The predicted octanol–water partition coefficient (Wildman–Crippen LogP) is 2.98. The van der Waals surface area contributed by atoms with Crippen molar-refractivity contribution in [3.8, 4) is 0 Å². The molecular formula is C16H22N4O2S. The third kappa shape index (κ3) is 4.04. The van der Waals surface area contributed by atoms with Crippen LogP contribution in [0.15, 0.2) is 26.9 Å². The first-order chi connectivity index (χ1) is 11.3. The average molecular weight is 334 g/mol. The number of nitrogens with one attached hydrogen (secondary N) is 1. The Labute approximate surface area is 139 Å². The molecular weight excluding hydrogens is 312 g/mol. The molecule has 0 bridgehead atoms. The molecule has 23 heavy (non-hydrogen) atoms. The van der Waals surface area contributed by atoms with E-state index < -0.39 is 0 Å². The van der Waals surface area contributed by atoms with Gasteiger partial charge in [0.05, 0.1) is 30.2 Å². The molecule has 1 aromatic carbocycles. The molecule has 1 aliphatic heterocycles. The van der Waals surface area contributed by atoms with Crippen LogP contribution in [0.4, 0.5) is 17.1 Å². The fourth-order valence-corrected chi connectivity index (χ4v) is 3.80. The van der Waals surface area contributed by atoms with E-state index in [0.29, 0.717) is 24.8 Å². The number of nitrogens with zero attached hydrogens (tertiary/aromatic N) is 3. The Balaban J connectivity index is 1.63. The van der Waals surface area contributed by atoms with Crippen LogP contribution in [-0.4, -0.2) is 41.7 Å². The van der Waals surface area contributed by atoms with Crippen LogP contribution < -0.4 is 5.32 Å². The molecule has 0 atom stereocenters. The smallest absolute Gasteiger partial charge is 0.238 e.